The molecule has 2 rings (SSSR count). The van der Waals surface area contributed by atoms with Gasteiger partial charge >= 0.3 is 0 Å². The minimum absolute atomic E-state index is 0.0686. The van der Waals surface area contributed by atoms with Crippen LogP contribution < -0.4 is 5.73 Å². The monoisotopic (exact) mass is 270 g/mol. The molecule has 0 aromatic carbocycles. The highest BCUT2D eigenvalue weighted by Crippen LogP contribution is 2.26. The molecule has 19 heavy (non-hydrogen) atoms. The van der Waals surface area contributed by atoms with Crippen molar-refractivity contribution in [2.24, 2.45) is 11.7 Å². The molecule has 5 heteroatoms. The Morgan fingerprint density at radius 2 is 2.00 bits per heavy atom. The molecule has 2 fully saturated rings. The lowest BCUT2D eigenvalue weighted by Crippen LogP contribution is -2.45. The van der Waals surface area contributed by atoms with Gasteiger partial charge in [-0.05, 0) is 32.1 Å². The molecule has 0 radical (unpaired) electrons. The van der Waals surface area contributed by atoms with Crippen LogP contribution in [0.4, 0.5) is 0 Å². The van der Waals surface area contributed by atoms with Crippen molar-refractivity contribution in [3.63, 3.8) is 0 Å². The molecule has 2 unspecified atom stereocenters. The summed E-state index contributed by atoms with van der Waals surface area (Å²) in [6.45, 7) is 2.02. The van der Waals surface area contributed by atoms with Gasteiger partial charge in [0.15, 0.2) is 0 Å². The van der Waals surface area contributed by atoms with E-state index in [1.165, 1.54) is 0 Å². The number of carbonyl (C=O) groups is 1. The lowest BCUT2D eigenvalue weighted by Gasteiger charge is -2.36. The van der Waals surface area contributed by atoms with E-state index in [0.29, 0.717) is 6.61 Å². The Labute approximate surface area is 115 Å². The molecule has 1 aliphatic carbocycles. The molecule has 0 aromatic rings. The first-order chi connectivity index (χ1) is 9.20. The lowest BCUT2D eigenvalue weighted by atomic mass is 9.85. The van der Waals surface area contributed by atoms with Gasteiger partial charge in [-0.15, -0.1) is 0 Å². The summed E-state index contributed by atoms with van der Waals surface area (Å²) in [5.74, 6) is 0.425. The molecule has 2 atom stereocenters. The van der Waals surface area contributed by atoms with Crippen LogP contribution in [0.15, 0.2) is 0 Å². The Balaban J connectivity index is 1.75. The standard InChI is InChI=1S/C14H26N2O3/c15-12-3-1-2-11(10-12)14(18)16-6-4-13(5-7-16)19-9-8-17/h11-13,17H,1-10,15H2. The topological polar surface area (TPSA) is 75.8 Å². The van der Waals surface area contributed by atoms with Gasteiger partial charge in [0, 0.05) is 25.0 Å². The highest BCUT2D eigenvalue weighted by atomic mass is 16.5. The number of amides is 1. The minimum Gasteiger partial charge on any atom is -0.394 e. The van der Waals surface area contributed by atoms with E-state index in [-0.39, 0.29) is 30.6 Å². The van der Waals surface area contributed by atoms with Crippen molar-refractivity contribution in [1.29, 1.82) is 0 Å². The van der Waals surface area contributed by atoms with E-state index in [0.717, 1.165) is 51.6 Å². The van der Waals surface area contributed by atoms with Crippen LogP contribution in [0, 0.1) is 5.92 Å². The first-order valence-electron chi connectivity index (χ1n) is 7.47. The van der Waals surface area contributed by atoms with Crippen molar-refractivity contribution < 1.29 is 14.6 Å². The van der Waals surface area contributed by atoms with Crippen LogP contribution in [0.25, 0.3) is 0 Å². The smallest absolute Gasteiger partial charge is 0.225 e. The zero-order chi connectivity index (χ0) is 13.7. The summed E-state index contributed by atoms with van der Waals surface area (Å²) in [6.07, 6.45) is 5.93. The van der Waals surface area contributed by atoms with Crippen molar-refractivity contribution >= 4 is 5.91 Å². The second-order valence-corrected chi connectivity index (χ2v) is 5.74. The van der Waals surface area contributed by atoms with Crippen LogP contribution >= 0.6 is 0 Å². The van der Waals surface area contributed by atoms with Gasteiger partial charge in [0.2, 0.25) is 5.91 Å². The summed E-state index contributed by atoms with van der Waals surface area (Å²) < 4.78 is 5.51. The van der Waals surface area contributed by atoms with Crippen molar-refractivity contribution in [2.75, 3.05) is 26.3 Å². The molecule has 2 aliphatic rings. The second kappa shape index (κ2) is 7.22. The maximum absolute atomic E-state index is 12.4. The Bertz CT molecular complexity index is 290. The van der Waals surface area contributed by atoms with Gasteiger partial charge in [-0.3, -0.25) is 4.79 Å². The number of hydrogen-bond donors (Lipinski definition) is 2. The maximum atomic E-state index is 12.4. The van der Waals surface area contributed by atoms with E-state index in [1.54, 1.807) is 0 Å². The predicted octanol–water partition coefficient (Wildman–Crippen LogP) is 0.504. The van der Waals surface area contributed by atoms with Crippen LogP contribution in [0.2, 0.25) is 0 Å². The largest absolute Gasteiger partial charge is 0.394 e. The molecule has 1 saturated heterocycles. The van der Waals surface area contributed by atoms with Crippen molar-refractivity contribution in [3.8, 4) is 0 Å². The third kappa shape index (κ3) is 4.16. The average Bonchev–Trinajstić information content (AvgIpc) is 2.45. The zero-order valence-corrected chi connectivity index (χ0v) is 11.6. The van der Waals surface area contributed by atoms with Crippen LogP contribution in [-0.2, 0) is 9.53 Å². The van der Waals surface area contributed by atoms with Gasteiger partial charge in [-0.25, -0.2) is 0 Å². The molecule has 0 aromatic heterocycles. The normalized spacial score (nSPS) is 29.5. The van der Waals surface area contributed by atoms with Gasteiger partial charge < -0.3 is 20.5 Å². The second-order valence-electron chi connectivity index (χ2n) is 5.74. The Kier molecular flexibility index (Phi) is 5.60. The van der Waals surface area contributed by atoms with Gasteiger partial charge in [0.25, 0.3) is 0 Å². The molecular formula is C14H26N2O3. The van der Waals surface area contributed by atoms with E-state index in [2.05, 4.69) is 0 Å². The lowest BCUT2D eigenvalue weighted by molar-refractivity contribution is -0.139. The molecule has 110 valence electrons. The molecule has 3 N–H and O–H groups in total. The molecule has 1 amide bonds. The number of aliphatic hydroxyl groups excluding tert-OH is 1. The molecule has 0 bridgehead atoms. The van der Waals surface area contributed by atoms with E-state index in [4.69, 9.17) is 15.6 Å². The van der Waals surface area contributed by atoms with Gasteiger partial charge in [-0.2, -0.15) is 0 Å². The number of carbonyl (C=O) groups excluding carboxylic acids is 1. The number of nitrogens with two attached hydrogens (primary N) is 1. The number of nitrogens with zero attached hydrogens (tertiary/aromatic N) is 1. The summed E-state index contributed by atoms with van der Waals surface area (Å²) in [7, 11) is 0. The fraction of sp³-hybridized carbons (Fsp3) is 0.929. The summed E-state index contributed by atoms with van der Waals surface area (Å²) >= 11 is 0. The maximum Gasteiger partial charge on any atom is 0.225 e. The average molecular weight is 270 g/mol. The molecule has 0 spiro atoms. The quantitative estimate of drug-likeness (QED) is 0.780. The minimum atomic E-state index is 0.0686. The number of likely N-dealkylation sites (tertiary alicyclic amines) is 1. The van der Waals surface area contributed by atoms with Crippen LogP contribution in [0.1, 0.15) is 38.5 Å². The zero-order valence-electron chi connectivity index (χ0n) is 11.6. The predicted molar refractivity (Wildman–Crippen MR) is 72.6 cm³/mol. The van der Waals surface area contributed by atoms with Crippen LogP contribution in [-0.4, -0.2) is 54.4 Å². The number of rotatable bonds is 4. The summed E-state index contributed by atoms with van der Waals surface area (Å²) in [4.78, 5) is 14.4. The SMILES string of the molecule is NC1CCCC(C(=O)N2CCC(OCCO)CC2)C1. The number of hydrogen-bond acceptors (Lipinski definition) is 4. The Hall–Kier alpha value is -0.650. The van der Waals surface area contributed by atoms with Gasteiger partial charge in [-0.1, -0.05) is 6.42 Å². The fourth-order valence-electron chi connectivity index (χ4n) is 3.17. The first-order valence-corrected chi connectivity index (χ1v) is 7.47. The number of ether oxygens (including phenoxy) is 1. The van der Waals surface area contributed by atoms with Gasteiger partial charge in [0.1, 0.15) is 0 Å². The summed E-state index contributed by atoms with van der Waals surface area (Å²) in [6, 6.07) is 0.202. The molecule has 5 nitrogen and oxygen atoms in total. The van der Waals surface area contributed by atoms with Crippen LogP contribution in [0.3, 0.4) is 0 Å². The van der Waals surface area contributed by atoms with Gasteiger partial charge in [0.05, 0.1) is 19.3 Å². The first kappa shape index (κ1) is 14.8. The van der Waals surface area contributed by atoms with E-state index >= 15 is 0 Å². The number of piperidine rings is 1. The highest BCUT2D eigenvalue weighted by molar-refractivity contribution is 5.79. The summed E-state index contributed by atoms with van der Waals surface area (Å²) in [5.41, 5.74) is 5.95. The molecule has 1 heterocycles. The molecule has 1 saturated carbocycles. The van der Waals surface area contributed by atoms with Crippen molar-refractivity contribution in [3.05, 3.63) is 0 Å². The van der Waals surface area contributed by atoms with E-state index in [1.807, 2.05) is 4.90 Å². The fourth-order valence-corrected chi connectivity index (χ4v) is 3.17. The van der Waals surface area contributed by atoms with E-state index < -0.39 is 0 Å². The van der Waals surface area contributed by atoms with E-state index in [9.17, 15) is 4.79 Å². The third-order valence-corrected chi connectivity index (χ3v) is 4.26. The molecule has 1 aliphatic heterocycles. The molecular weight excluding hydrogens is 244 g/mol. The number of aliphatic hydroxyl groups is 1. The Morgan fingerprint density at radius 1 is 1.26 bits per heavy atom. The Morgan fingerprint density at radius 3 is 2.63 bits per heavy atom. The van der Waals surface area contributed by atoms with Crippen molar-refractivity contribution in [2.45, 2.75) is 50.7 Å². The third-order valence-electron chi connectivity index (χ3n) is 4.26. The summed E-state index contributed by atoms with van der Waals surface area (Å²) in [5, 5.41) is 8.73. The van der Waals surface area contributed by atoms with Crippen LogP contribution in [0.5, 0.6) is 0 Å². The highest BCUT2D eigenvalue weighted by Gasteiger charge is 2.31. The van der Waals surface area contributed by atoms with Crippen molar-refractivity contribution in [1.82, 2.24) is 4.90 Å².